The van der Waals surface area contributed by atoms with Crippen LogP contribution in [0.2, 0.25) is 0 Å². The van der Waals surface area contributed by atoms with Gasteiger partial charge in [-0.2, -0.15) is 5.10 Å². The highest BCUT2D eigenvalue weighted by Crippen LogP contribution is 2.36. The van der Waals surface area contributed by atoms with Crippen molar-refractivity contribution in [1.29, 1.82) is 0 Å². The quantitative estimate of drug-likeness (QED) is 0.792. The lowest BCUT2D eigenvalue weighted by molar-refractivity contribution is -0.139. The maximum absolute atomic E-state index is 6.12. The lowest BCUT2D eigenvalue weighted by atomic mass is 9.79. The summed E-state index contributed by atoms with van der Waals surface area (Å²) in [5.74, 6) is -0.514. The number of aromatic nitrogens is 2. The molecule has 0 saturated carbocycles. The van der Waals surface area contributed by atoms with Crippen LogP contribution in [0, 0.1) is 6.92 Å². The molecule has 0 bridgehead atoms. The second kappa shape index (κ2) is 5.31. The molecule has 0 aliphatic carbocycles. The van der Waals surface area contributed by atoms with E-state index in [0.717, 1.165) is 11.2 Å². The Morgan fingerprint density at radius 2 is 1.78 bits per heavy atom. The Morgan fingerprint density at radius 3 is 2.30 bits per heavy atom. The average Bonchev–Trinajstić information content (AvgIpc) is 2.98. The molecular weight excluding hydrogens is 295 g/mol. The summed E-state index contributed by atoms with van der Waals surface area (Å²) >= 11 is 0. The van der Waals surface area contributed by atoms with Gasteiger partial charge in [-0.3, -0.25) is 4.68 Å². The van der Waals surface area contributed by atoms with Crippen LogP contribution in [0.1, 0.15) is 47.2 Å². The minimum absolute atomic E-state index is 0.00902. The summed E-state index contributed by atoms with van der Waals surface area (Å²) in [4.78, 5) is 0. The molecule has 2 fully saturated rings. The van der Waals surface area contributed by atoms with E-state index >= 15 is 0 Å². The zero-order valence-corrected chi connectivity index (χ0v) is 15.2. The third kappa shape index (κ3) is 3.07. The van der Waals surface area contributed by atoms with Gasteiger partial charge in [-0.15, -0.1) is 0 Å². The van der Waals surface area contributed by atoms with Gasteiger partial charge >= 0.3 is 7.12 Å². The van der Waals surface area contributed by atoms with Crippen LogP contribution in [0.4, 0.5) is 0 Å². The molecule has 1 atom stereocenters. The van der Waals surface area contributed by atoms with E-state index in [1.54, 1.807) is 0 Å². The maximum Gasteiger partial charge on any atom is 0.498 e. The molecule has 7 heteroatoms. The van der Waals surface area contributed by atoms with Gasteiger partial charge in [0.15, 0.2) is 5.79 Å². The van der Waals surface area contributed by atoms with E-state index < -0.39 is 5.79 Å². The number of nitrogens with zero attached hydrogens (tertiary/aromatic N) is 2. The third-order valence-electron chi connectivity index (χ3n) is 5.09. The topological polar surface area (TPSA) is 54.7 Å². The van der Waals surface area contributed by atoms with Crippen LogP contribution in [0.3, 0.4) is 0 Å². The molecule has 0 radical (unpaired) electrons. The molecule has 2 aliphatic heterocycles. The normalized spacial score (nSPS) is 28.5. The summed E-state index contributed by atoms with van der Waals surface area (Å²) in [6.07, 6.45) is 1.84. The van der Waals surface area contributed by atoms with Crippen LogP contribution in [-0.4, -0.2) is 46.6 Å². The Bertz CT molecular complexity index is 581. The van der Waals surface area contributed by atoms with E-state index in [1.807, 2.05) is 31.6 Å². The maximum atomic E-state index is 6.12. The van der Waals surface area contributed by atoms with E-state index in [4.69, 9.17) is 18.8 Å². The summed E-state index contributed by atoms with van der Waals surface area (Å²) in [6.45, 7) is 15.4. The molecule has 0 amide bonds. The van der Waals surface area contributed by atoms with Crippen molar-refractivity contribution in [2.75, 3.05) is 6.61 Å². The van der Waals surface area contributed by atoms with E-state index in [-0.39, 0.29) is 24.4 Å². The van der Waals surface area contributed by atoms with Gasteiger partial charge in [0.05, 0.1) is 24.4 Å². The SMILES string of the molecule is Cc1c(B2OC(C)(C)C(C)(C)O2)cnn1C[C@H]1COC(C)(C)O1. The first-order chi connectivity index (χ1) is 10.5. The Labute approximate surface area is 138 Å². The molecule has 3 rings (SSSR count). The highest BCUT2D eigenvalue weighted by atomic mass is 16.7. The lowest BCUT2D eigenvalue weighted by Crippen LogP contribution is -2.41. The minimum atomic E-state index is -0.514. The molecule has 0 aromatic carbocycles. The minimum Gasteiger partial charge on any atom is -0.399 e. The van der Waals surface area contributed by atoms with Crippen molar-refractivity contribution < 1.29 is 18.8 Å². The van der Waals surface area contributed by atoms with Crippen LogP contribution in [-0.2, 0) is 25.3 Å². The molecule has 0 unspecified atom stereocenters. The Morgan fingerprint density at radius 1 is 1.17 bits per heavy atom. The van der Waals surface area contributed by atoms with Gasteiger partial charge in [-0.1, -0.05) is 0 Å². The Hall–Kier alpha value is -0.885. The van der Waals surface area contributed by atoms with Crippen molar-refractivity contribution in [2.45, 2.75) is 78.1 Å². The third-order valence-corrected chi connectivity index (χ3v) is 5.09. The second-order valence-corrected chi connectivity index (χ2v) is 7.91. The van der Waals surface area contributed by atoms with E-state index in [2.05, 4.69) is 32.8 Å². The van der Waals surface area contributed by atoms with Gasteiger partial charge in [0, 0.05) is 17.4 Å². The van der Waals surface area contributed by atoms with Crippen LogP contribution in [0.15, 0.2) is 6.20 Å². The molecule has 23 heavy (non-hydrogen) atoms. The van der Waals surface area contributed by atoms with Gasteiger partial charge in [0.1, 0.15) is 6.10 Å². The zero-order chi connectivity index (χ0) is 17.0. The van der Waals surface area contributed by atoms with Crippen molar-refractivity contribution >= 4 is 12.6 Å². The number of hydrogen-bond donors (Lipinski definition) is 0. The molecular formula is C16H27BN2O4. The summed E-state index contributed by atoms with van der Waals surface area (Å²) in [5, 5.41) is 4.49. The van der Waals surface area contributed by atoms with Crippen molar-refractivity contribution in [3.8, 4) is 0 Å². The fraction of sp³-hybridized carbons (Fsp3) is 0.812. The summed E-state index contributed by atoms with van der Waals surface area (Å²) < 4.78 is 25.6. The van der Waals surface area contributed by atoms with Crippen molar-refractivity contribution in [3.63, 3.8) is 0 Å². The molecule has 6 nitrogen and oxygen atoms in total. The Kier molecular flexibility index (Phi) is 3.91. The molecule has 128 valence electrons. The molecule has 3 heterocycles. The van der Waals surface area contributed by atoms with Crippen LogP contribution < -0.4 is 5.46 Å². The van der Waals surface area contributed by atoms with Gasteiger partial charge in [-0.05, 0) is 48.5 Å². The van der Waals surface area contributed by atoms with Crippen molar-refractivity contribution in [1.82, 2.24) is 9.78 Å². The van der Waals surface area contributed by atoms with Gasteiger partial charge in [-0.25, -0.2) is 0 Å². The standard InChI is InChI=1S/C16H27BN2O4/c1-11-13(17-22-14(2,3)15(4,5)23-17)8-18-19(11)9-12-10-20-16(6,7)21-12/h8,12H,9-10H2,1-7H3/t12-/m0/s1. The lowest BCUT2D eigenvalue weighted by Gasteiger charge is -2.32. The van der Waals surface area contributed by atoms with Crippen LogP contribution in [0.5, 0.6) is 0 Å². The number of hydrogen-bond acceptors (Lipinski definition) is 5. The molecule has 0 spiro atoms. The van der Waals surface area contributed by atoms with Gasteiger partial charge in [0.2, 0.25) is 0 Å². The highest BCUT2D eigenvalue weighted by Gasteiger charge is 2.52. The largest absolute Gasteiger partial charge is 0.498 e. The van der Waals surface area contributed by atoms with E-state index in [1.165, 1.54) is 0 Å². The number of ether oxygens (including phenoxy) is 2. The molecule has 0 N–H and O–H groups in total. The van der Waals surface area contributed by atoms with Gasteiger partial charge < -0.3 is 18.8 Å². The van der Waals surface area contributed by atoms with Gasteiger partial charge in [0.25, 0.3) is 0 Å². The predicted octanol–water partition coefficient (Wildman–Crippen LogP) is 1.64. The van der Waals surface area contributed by atoms with E-state index in [9.17, 15) is 0 Å². The summed E-state index contributed by atoms with van der Waals surface area (Å²) in [6, 6.07) is 0. The smallest absolute Gasteiger partial charge is 0.399 e. The summed E-state index contributed by atoms with van der Waals surface area (Å²) in [7, 11) is -0.383. The molecule has 2 saturated heterocycles. The average molecular weight is 322 g/mol. The first-order valence-corrected chi connectivity index (χ1v) is 8.20. The molecule has 2 aliphatic rings. The molecule has 1 aromatic rings. The van der Waals surface area contributed by atoms with Crippen LogP contribution in [0.25, 0.3) is 0 Å². The monoisotopic (exact) mass is 322 g/mol. The fourth-order valence-corrected chi connectivity index (χ4v) is 2.89. The fourth-order valence-electron chi connectivity index (χ4n) is 2.89. The van der Waals surface area contributed by atoms with Crippen molar-refractivity contribution in [3.05, 3.63) is 11.9 Å². The second-order valence-electron chi connectivity index (χ2n) is 7.91. The zero-order valence-electron chi connectivity index (χ0n) is 15.2. The predicted molar refractivity (Wildman–Crippen MR) is 87.6 cm³/mol. The number of rotatable bonds is 3. The first-order valence-electron chi connectivity index (χ1n) is 8.20. The Balaban J connectivity index is 1.73. The van der Waals surface area contributed by atoms with Crippen molar-refractivity contribution in [2.24, 2.45) is 0 Å². The summed E-state index contributed by atoms with van der Waals surface area (Å²) in [5.41, 5.74) is 1.32. The van der Waals surface area contributed by atoms with E-state index in [0.29, 0.717) is 13.2 Å². The van der Waals surface area contributed by atoms with Crippen LogP contribution >= 0.6 is 0 Å². The first kappa shape index (κ1) is 17.0. The highest BCUT2D eigenvalue weighted by molar-refractivity contribution is 6.62. The molecule has 1 aromatic heterocycles.